The number of hydrogen-bond donors (Lipinski definition) is 0. The van der Waals surface area contributed by atoms with Gasteiger partial charge in [0.05, 0.1) is 11.3 Å². The van der Waals surface area contributed by atoms with Gasteiger partial charge >= 0.3 is 0 Å². The highest BCUT2D eigenvalue weighted by molar-refractivity contribution is 7.99. The predicted molar refractivity (Wildman–Crippen MR) is 76.0 cm³/mol. The minimum absolute atomic E-state index is 0.303. The van der Waals surface area contributed by atoms with Gasteiger partial charge in [0, 0.05) is 4.90 Å². The molecule has 0 atom stereocenters. The minimum Gasteiger partial charge on any atom is -0.207 e. The average Bonchev–Trinajstić information content (AvgIpc) is 2.46. The van der Waals surface area contributed by atoms with Crippen LogP contribution in [-0.4, -0.2) is 10.2 Å². The van der Waals surface area contributed by atoms with Crippen molar-refractivity contribution in [2.45, 2.75) is 36.6 Å². The van der Waals surface area contributed by atoms with Gasteiger partial charge in [-0.2, -0.15) is 10.4 Å². The van der Waals surface area contributed by atoms with Gasteiger partial charge in [0.2, 0.25) is 0 Å². The molecule has 0 bridgehead atoms. The minimum atomic E-state index is -0.303. The van der Waals surface area contributed by atoms with Crippen molar-refractivity contribution < 1.29 is 4.39 Å². The van der Waals surface area contributed by atoms with Gasteiger partial charge in [0.15, 0.2) is 0 Å². The monoisotopic (exact) mass is 287 g/mol. The molecule has 0 aliphatic carbocycles. The van der Waals surface area contributed by atoms with Crippen LogP contribution < -0.4 is 0 Å². The molecule has 2 aromatic rings. The Balaban J connectivity index is 2.45. The normalized spacial score (nSPS) is 10.3. The average molecular weight is 287 g/mol. The Morgan fingerprint density at radius 1 is 1.25 bits per heavy atom. The molecule has 1 aromatic heterocycles. The Hall–Kier alpha value is -1.93. The first kappa shape index (κ1) is 14.5. The summed E-state index contributed by atoms with van der Waals surface area (Å²) in [6.07, 6.45) is 1.48. The summed E-state index contributed by atoms with van der Waals surface area (Å²) >= 11 is 1.27. The SMILES string of the molecule is CCc1nnc(Sc2cccc(F)c2)c(C#N)c1CC. The summed E-state index contributed by atoms with van der Waals surface area (Å²) < 4.78 is 13.2. The van der Waals surface area contributed by atoms with Crippen molar-refractivity contribution in [2.75, 3.05) is 0 Å². The Bertz CT molecular complexity index is 665. The van der Waals surface area contributed by atoms with Crippen LogP contribution in [0.4, 0.5) is 4.39 Å². The molecule has 0 saturated carbocycles. The maximum Gasteiger partial charge on any atom is 0.142 e. The zero-order chi connectivity index (χ0) is 14.5. The molecule has 5 heteroatoms. The second-order valence-electron chi connectivity index (χ2n) is 4.18. The number of rotatable bonds is 4. The van der Waals surface area contributed by atoms with Gasteiger partial charge in [-0.05, 0) is 36.6 Å². The zero-order valence-corrected chi connectivity index (χ0v) is 12.2. The smallest absolute Gasteiger partial charge is 0.142 e. The molecule has 0 unspecified atom stereocenters. The number of benzene rings is 1. The van der Waals surface area contributed by atoms with E-state index in [4.69, 9.17) is 0 Å². The number of nitriles is 1. The van der Waals surface area contributed by atoms with Crippen LogP contribution in [0.2, 0.25) is 0 Å². The van der Waals surface area contributed by atoms with Crippen molar-refractivity contribution in [2.24, 2.45) is 0 Å². The molecular formula is C15H14FN3S. The van der Waals surface area contributed by atoms with Crippen LogP contribution in [0.15, 0.2) is 34.2 Å². The molecule has 0 amide bonds. The lowest BCUT2D eigenvalue weighted by atomic mass is 10.1. The van der Waals surface area contributed by atoms with E-state index < -0.39 is 0 Å². The van der Waals surface area contributed by atoms with Crippen LogP contribution in [0.25, 0.3) is 0 Å². The summed E-state index contributed by atoms with van der Waals surface area (Å²) in [5.74, 6) is -0.303. The number of halogens is 1. The molecule has 1 heterocycles. The Morgan fingerprint density at radius 3 is 2.65 bits per heavy atom. The summed E-state index contributed by atoms with van der Waals surface area (Å²) in [5.41, 5.74) is 2.34. The van der Waals surface area contributed by atoms with E-state index in [2.05, 4.69) is 16.3 Å². The van der Waals surface area contributed by atoms with Crippen LogP contribution in [0.3, 0.4) is 0 Å². The van der Waals surface area contributed by atoms with Crippen LogP contribution in [0.1, 0.15) is 30.7 Å². The van der Waals surface area contributed by atoms with E-state index in [9.17, 15) is 9.65 Å². The highest BCUT2D eigenvalue weighted by Gasteiger charge is 2.15. The number of nitrogens with zero attached hydrogens (tertiary/aromatic N) is 3. The Labute approximate surface area is 121 Å². The van der Waals surface area contributed by atoms with Gasteiger partial charge in [-0.1, -0.05) is 31.7 Å². The first-order valence-electron chi connectivity index (χ1n) is 6.41. The van der Waals surface area contributed by atoms with E-state index in [0.717, 1.165) is 24.1 Å². The topological polar surface area (TPSA) is 49.6 Å². The van der Waals surface area contributed by atoms with E-state index in [0.29, 0.717) is 15.5 Å². The number of aryl methyl sites for hydroxylation is 1. The molecular weight excluding hydrogens is 273 g/mol. The van der Waals surface area contributed by atoms with Crippen molar-refractivity contribution in [1.82, 2.24) is 10.2 Å². The Kier molecular flexibility index (Phi) is 4.70. The van der Waals surface area contributed by atoms with E-state index in [1.807, 2.05) is 13.8 Å². The number of aromatic nitrogens is 2. The summed E-state index contributed by atoms with van der Waals surface area (Å²) in [7, 11) is 0. The molecule has 102 valence electrons. The van der Waals surface area contributed by atoms with Crippen LogP contribution in [0.5, 0.6) is 0 Å². The van der Waals surface area contributed by atoms with Crippen molar-refractivity contribution in [3.63, 3.8) is 0 Å². The van der Waals surface area contributed by atoms with Crippen LogP contribution in [-0.2, 0) is 12.8 Å². The van der Waals surface area contributed by atoms with E-state index >= 15 is 0 Å². The third-order valence-electron chi connectivity index (χ3n) is 2.94. The number of hydrogen-bond acceptors (Lipinski definition) is 4. The second-order valence-corrected chi connectivity index (χ2v) is 5.25. The van der Waals surface area contributed by atoms with Crippen molar-refractivity contribution in [3.8, 4) is 6.07 Å². The standard InChI is InChI=1S/C15H14FN3S/c1-3-12-13(9-17)15(19-18-14(12)4-2)20-11-7-5-6-10(16)8-11/h5-8H,3-4H2,1-2H3. The largest absolute Gasteiger partial charge is 0.207 e. The fraction of sp³-hybridized carbons (Fsp3) is 0.267. The zero-order valence-electron chi connectivity index (χ0n) is 11.4. The quantitative estimate of drug-likeness (QED) is 0.859. The molecule has 1 aromatic carbocycles. The summed E-state index contributed by atoms with van der Waals surface area (Å²) in [4.78, 5) is 0.710. The summed E-state index contributed by atoms with van der Waals surface area (Å²) in [6.45, 7) is 3.98. The second kappa shape index (κ2) is 6.49. The summed E-state index contributed by atoms with van der Waals surface area (Å²) in [5, 5.41) is 18.2. The first-order chi connectivity index (χ1) is 9.69. The highest BCUT2D eigenvalue weighted by Crippen LogP contribution is 2.30. The predicted octanol–water partition coefficient (Wildman–Crippen LogP) is 3.76. The molecule has 0 aliphatic heterocycles. The van der Waals surface area contributed by atoms with Gasteiger partial charge in [-0.3, -0.25) is 0 Å². The Morgan fingerprint density at radius 2 is 2.05 bits per heavy atom. The lowest BCUT2D eigenvalue weighted by molar-refractivity contribution is 0.624. The van der Waals surface area contributed by atoms with E-state index in [1.165, 1.54) is 23.9 Å². The van der Waals surface area contributed by atoms with Gasteiger partial charge < -0.3 is 0 Å². The molecule has 0 saturated heterocycles. The highest BCUT2D eigenvalue weighted by atomic mass is 32.2. The maximum atomic E-state index is 13.2. The molecule has 0 fully saturated rings. The van der Waals surface area contributed by atoms with Crippen molar-refractivity contribution in [1.29, 1.82) is 5.26 Å². The molecule has 0 radical (unpaired) electrons. The van der Waals surface area contributed by atoms with Gasteiger partial charge in [-0.25, -0.2) is 4.39 Å². The molecule has 0 N–H and O–H groups in total. The fourth-order valence-corrected chi connectivity index (χ4v) is 2.88. The first-order valence-corrected chi connectivity index (χ1v) is 7.23. The molecule has 0 spiro atoms. The van der Waals surface area contributed by atoms with E-state index in [-0.39, 0.29) is 5.82 Å². The third kappa shape index (κ3) is 2.97. The summed E-state index contributed by atoms with van der Waals surface area (Å²) in [6, 6.07) is 8.44. The molecule has 3 nitrogen and oxygen atoms in total. The van der Waals surface area contributed by atoms with E-state index in [1.54, 1.807) is 12.1 Å². The third-order valence-corrected chi connectivity index (χ3v) is 3.91. The fourth-order valence-electron chi connectivity index (χ4n) is 1.98. The van der Waals surface area contributed by atoms with Gasteiger partial charge in [-0.15, -0.1) is 5.10 Å². The van der Waals surface area contributed by atoms with Crippen molar-refractivity contribution >= 4 is 11.8 Å². The van der Waals surface area contributed by atoms with Crippen molar-refractivity contribution in [3.05, 3.63) is 46.9 Å². The lowest BCUT2D eigenvalue weighted by Gasteiger charge is -2.09. The lowest BCUT2D eigenvalue weighted by Crippen LogP contribution is -2.04. The van der Waals surface area contributed by atoms with Gasteiger partial charge in [0.1, 0.15) is 16.9 Å². The van der Waals surface area contributed by atoms with Gasteiger partial charge in [0.25, 0.3) is 0 Å². The van der Waals surface area contributed by atoms with Crippen LogP contribution >= 0.6 is 11.8 Å². The molecule has 2 rings (SSSR count). The van der Waals surface area contributed by atoms with Crippen LogP contribution in [0, 0.1) is 17.1 Å². The maximum absolute atomic E-state index is 13.2. The molecule has 0 aliphatic rings. The molecule has 20 heavy (non-hydrogen) atoms.